The van der Waals surface area contributed by atoms with Crippen molar-refractivity contribution in [2.24, 2.45) is 0 Å². The summed E-state index contributed by atoms with van der Waals surface area (Å²) in [6.45, 7) is 0. The Balaban J connectivity index is 2.66. The number of nitriles is 1. The Bertz CT molecular complexity index is 476. The van der Waals surface area contributed by atoms with Gasteiger partial charge in [-0.15, -0.1) is 5.26 Å². The number of nitrogens with zero attached hydrogens (tertiary/aromatic N) is 1. The lowest BCUT2D eigenvalue weighted by molar-refractivity contribution is 0.123. The summed E-state index contributed by atoms with van der Waals surface area (Å²) in [6, 6.07) is 6.23. The van der Waals surface area contributed by atoms with Crippen LogP contribution in [0.2, 0.25) is 6.04 Å². The molecular weight excluding hydrogens is 290 g/mol. The van der Waals surface area contributed by atoms with E-state index in [4.69, 9.17) is 28.0 Å². The van der Waals surface area contributed by atoms with Crippen molar-refractivity contribution >= 4 is 8.80 Å². The molecule has 0 saturated carbocycles. The lowest BCUT2D eigenvalue weighted by Crippen LogP contribution is -2.42. The zero-order chi connectivity index (χ0) is 15.7. The lowest BCUT2D eigenvalue weighted by Gasteiger charge is -2.24. The van der Waals surface area contributed by atoms with Gasteiger partial charge in [0.05, 0.1) is 7.11 Å². The van der Waals surface area contributed by atoms with Crippen LogP contribution in [0.25, 0.3) is 0 Å². The van der Waals surface area contributed by atoms with Crippen LogP contribution in [0.3, 0.4) is 0 Å². The summed E-state index contributed by atoms with van der Waals surface area (Å²) < 4.78 is 26.2. The molecule has 21 heavy (non-hydrogen) atoms. The predicted molar refractivity (Wildman–Crippen MR) is 79.1 cm³/mol. The Hall–Kier alpha value is -1.59. The summed E-state index contributed by atoms with van der Waals surface area (Å²) >= 11 is 0. The van der Waals surface area contributed by atoms with Crippen LogP contribution in [0.1, 0.15) is 12.0 Å². The fraction of sp³-hybridized carbons (Fsp3) is 0.500. The molecule has 0 unspecified atom stereocenters. The van der Waals surface area contributed by atoms with Gasteiger partial charge in [-0.25, -0.2) is 0 Å². The molecule has 1 aromatic carbocycles. The molecule has 1 rings (SSSR count). The zero-order valence-electron chi connectivity index (χ0n) is 12.8. The number of hydrogen-bond acceptors (Lipinski definition) is 6. The number of methoxy groups -OCH3 is 1. The van der Waals surface area contributed by atoms with Gasteiger partial charge in [0, 0.05) is 27.4 Å². The molecule has 0 atom stereocenters. The van der Waals surface area contributed by atoms with Crippen molar-refractivity contribution in [2.75, 3.05) is 28.4 Å². The minimum atomic E-state index is -2.52. The highest BCUT2D eigenvalue weighted by Crippen LogP contribution is 2.29. The van der Waals surface area contributed by atoms with Gasteiger partial charge in [0.2, 0.25) is 0 Å². The topological polar surface area (TPSA) is 69.9 Å². The van der Waals surface area contributed by atoms with Gasteiger partial charge in [0.1, 0.15) is 0 Å². The van der Waals surface area contributed by atoms with Crippen LogP contribution in [0.5, 0.6) is 11.5 Å². The molecule has 6 nitrogen and oxygen atoms in total. The normalized spacial score (nSPS) is 11.0. The van der Waals surface area contributed by atoms with Gasteiger partial charge in [-0.1, -0.05) is 6.07 Å². The van der Waals surface area contributed by atoms with E-state index in [-0.39, 0.29) is 0 Å². The standard InChI is InChI=1S/C14H21NO5Si/c1-16-14-10-12(7-8-13(14)20-11-15)6-5-9-21(17-2,18-3)19-4/h7-8,10H,5-6,9H2,1-4H3. The van der Waals surface area contributed by atoms with Crippen molar-refractivity contribution in [3.8, 4) is 17.8 Å². The summed E-state index contributed by atoms with van der Waals surface area (Å²) in [5, 5.41) is 8.56. The molecule has 0 N–H and O–H groups in total. The van der Waals surface area contributed by atoms with Crippen molar-refractivity contribution in [1.82, 2.24) is 0 Å². The molecule has 1 aromatic rings. The molecule has 116 valence electrons. The third-order valence-electron chi connectivity index (χ3n) is 3.27. The number of aryl methyl sites for hydroxylation is 1. The van der Waals surface area contributed by atoms with Gasteiger partial charge < -0.3 is 22.8 Å². The van der Waals surface area contributed by atoms with E-state index in [1.165, 1.54) is 0 Å². The molecule has 0 aromatic heterocycles. The first-order chi connectivity index (χ1) is 10.1. The van der Waals surface area contributed by atoms with Gasteiger partial charge in [0.15, 0.2) is 11.5 Å². The Kier molecular flexibility index (Phi) is 7.18. The zero-order valence-corrected chi connectivity index (χ0v) is 13.8. The van der Waals surface area contributed by atoms with E-state index in [9.17, 15) is 0 Å². The molecule has 0 spiro atoms. The fourth-order valence-corrected chi connectivity index (χ4v) is 3.79. The van der Waals surface area contributed by atoms with E-state index in [0.717, 1.165) is 24.4 Å². The molecule has 7 heteroatoms. The predicted octanol–water partition coefficient (Wildman–Crippen LogP) is 2.37. The molecule has 0 amide bonds. The molecule has 0 aliphatic rings. The molecule has 0 fully saturated rings. The molecule has 0 bridgehead atoms. The smallest absolute Gasteiger partial charge is 0.493 e. The summed E-state index contributed by atoms with van der Waals surface area (Å²) in [7, 11) is 3.85. The van der Waals surface area contributed by atoms with Crippen LogP contribution in [0, 0.1) is 11.5 Å². The summed E-state index contributed by atoms with van der Waals surface area (Å²) in [4.78, 5) is 0. The van der Waals surface area contributed by atoms with Gasteiger partial charge in [0.25, 0.3) is 6.26 Å². The van der Waals surface area contributed by atoms with Crippen LogP contribution >= 0.6 is 0 Å². The molecular formula is C14H21NO5Si. The molecule has 0 aliphatic carbocycles. The van der Waals surface area contributed by atoms with Gasteiger partial charge in [-0.05, 0) is 30.5 Å². The molecule has 0 aliphatic heterocycles. The van der Waals surface area contributed by atoms with Crippen molar-refractivity contribution in [3.05, 3.63) is 23.8 Å². The second kappa shape index (κ2) is 8.64. The Morgan fingerprint density at radius 2 is 1.71 bits per heavy atom. The molecule has 0 radical (unpaired) electrons. The van der Waals surface area contributed by atoms with Crippen molar-refractivity contribution in [1.29, 1.82) is 5.26 Å². The molecule has 0 heterocycles. The van der Waals surface area contributed by atoms with Crippen molar-refractivity contribution < 1.29 is 22.8 Å². The van der Waals surface area contributed by atoms with Crippen LogP contribution in [-0.2, 0) is 19.7 Å². The summed E-state index contributed by atoms with van der Waals surface area (Å²) in [5.41, 5.74) is 1.09. The van der Waals surface area contributed by atoms with Gasteiger partial charge in [-0.3, -0.25) is 0 Å². The Labute approximate surface area is 126 Å². The average Bonchev–Trinajstić information content (AvgIpc) is 2.53. The number of rotatable bonds is 9. The van der Waals surface area contributed by atoms with E-state index < -0.39 is 8.80 Å². The lowest BCUT2D eigenvalue weighted by atomic mass is 10.1. The van der Waals surface area contributed by atoms with Crippen LogP contribution in [-0.4, -0.2) is 37.2 Å². The Morgan fingerprint density at radius 1 is 1.05 bits per heavy atom. The second-order valence-electron chi connectivity index (χ2n) is 4.33. The minimum Gasteiger partial charge on any atom is -0.493 e. The second-order valence-corrected chi connectivity index (χ2v) is 7.42. The molecule has 0 saturated heterocycles. The van der Waals surface area contributed by atoms with Crippen LogP contribution < -0.4 is 9.47 Å². The fourth-order valence-electron chi connectivity index (χ4n) is 2.07. The van der Waals surface area contributed by atoms with Crippen molar-refractivity contribution in [3.63, 3.8) is 0 Å². The highest BCUT2D eigenvalue weighted by atomic mass is 28.4. The highest BCUT2D eigenvalue weighted by Gasteiger charge is 2.36. The van der Waals surface area contributed by atoms with Crippen LogP contribution in [0.15, 0.2) is 18.2 Å². The number of benzene rings is 1. The highest BCUT2D eigenvalue weighted by molar-refractivity contribution is 6.60. The van der Waals surface area contributed by atoms with E-state index in [1.807, 2.05) is 12.1 Å². The van der Waals surface area contributed by atoms with E-state index in [2.05, 4.69) is 0 Å². The SMILES string of the molecule is COc1cc(CCC[Si](OC)(OC)OC)ccc1OC#N. The third-order valence-corrected chi connectivity index (χ3v) is 6.10. The van der Waals surface area contributed by atoms with Gasteiger partial charge >= 0.3 is 8.80 Å². The van der Waals surface area contributed by atoms with Crippen molar-refractivity contribution in [2.45, 2.75) is 18.9 Å². The maximum absolute atomic E-state index is 8.56. The monoisotopic (exact) mass is 311 g/mol. The first-order valence-corrected chi connectivity index (χ1v) is 8.46. The van der Waals surface area contributed by atoms with E-state index in [0.29, 0.717) is 11.5 Å². The first-order valence-electron chi connectivity index (χ1n) is 6.53. The Morgan fingerprint density at radius 3 is 2.24 bits per heavy atom. The van der Waals surface area contributed by atoms with Crippen LogP contribution in [0.4, 0.5) is 0 Å². The number of hydrogen-bond donors (Lipinski definition) is 0. The average molecular weight is 311 g/mol. The van der Waals surface area contributed by atoms with Gasteiger partial charge in [-0.2, -0.15) is 0 Å². The quantitative estimate of drug-likeness (QED) is 0.515. The largest absolute Gasteiger partial charge is 0.500 e. The third kappa shape index (κ3) is 4.72. The first kappa shape index (κ1) is 17.5. The maximum atomic E-state index is 8.56. The number of ether oxygens (including phenoxy) is 2. The van der Waals surface area contributed by atoms with E-state index >= 15 is 0 Å². The maximum Gasteiger partial charge on any atom is 0.500 e. The minimum absolute atomic E-state index is 0.415. The summed E-state index contributed by atoms with van der Waals surface area (Å²) in [5.74, 6) is 0.959. The summed E-state index contributed by atoms with van der Waals surface area (Å²) in [6.07, 6.45) is 3.33. The van der Waals surface area contributed by atoms with E-state index in [1.54, 1.807) is 40.8 Å².